The molecule has 1 saturated heterocycles. The lowest BCUT2D eigenvalue weighted by Crippen LogP contribution is -2.20. The summed E-state index contributed by atoms with van der Waals surface area (Å²) < 4.78 is 24.6. The number of methoxy groups -OCH3 is 1. The quantitative estimate of drug-likeness (QED) is 0.282. The summed E-state index contributed by atoms with van der Waals surface area (Å²) in [7, 11) is 1.46. The number of hydrogen-bond donors (Lipinski definition) is 2. The molecular formula is C25H17BrCl2FN3O4S. The van der Waals surface area contributed by atoms with Crippen LogP contribution in [0.25, 0.3) is 6.08 Å². The number of carbonyl (C=O) groups is 2. The monoisotopic (exact) mass is 623 g/mol. The average molecular weight is 625 g/mol. The Bertz CT molecular complexity index is 1430. The molecule has 0 saturated carbocycles. The van der Waals surface area contributed by atoms with E-state index < -0.39 is 11.7 Å². The van der Waals surface area contributed by atoms with Crippen LogP contribution in [0.1, 0.15) is 5.56 Å². The zero-order valence-corrected chi connectivity index (χ0v) is 22.9. The summed E-state index contributed by atoms with van der Waals surface area (Å²) in [5, 5.41) is 6.33. The summed E-state index contributed by atoms with van der Waals surface area (Å²) in [6.45, 7) is -0.309. The molecule has 0 unspecified atom stereocenters. The van der Waals surface area contributed by atoms with Crippen molar-refractivity contribution in [1.29, 1.82) is 0 Å². The highest BCUT2D eigenvalue weighted by Crippen LogP contribution is 2.39. The molecule has 1 aliphatic heterocycles. The van der Waals surface area contributed by atoms with Gasteiger partial charge in [0.05, 0.1) is 32.2 Å². The Labute approximate surface area is 234 Å². The van der Waals surface area contributed by atoms with Crippen LogP contribution in [0.15, 0.2) is 69.0 Å². The van der Waals surface area contributed by atoms with Crippen molar-refractivity contribution in [1.82, 2.24) is 5.32 Å². The largest absolute Gasteiger partial charge is 0.493 e. The normalized spacial score (nSPS) is 15.1. The van der Waals surface area contributed by atoms with Crippen LogP contribution in [0, 0.1) is 5.82 Å². The maximum absolute atomic E-state index is 13.0. The second-order valence-electron chi connectivity index (χ2n) is 7.43. The van der Waals surface area contributed by atoms with Gasteiger partial charge in [0.1, 0.15) is 5.82 Å². The Morgan fingerprint density at radius 2 is 1.97 bits per heavy atom. The number of hydrogen-bond acceptors (Lipinski definition) is 6. The molecule has 0 radical (unpaired) electrons. The third-order valence-electron chi connectivity index (χ3n) is 4.83. The molecule has 0 atom stereocenters. The van der Waals surface area contributed by atoms with Crippen LogP contribution >= 0.6 is 50.9 Å². The van der Waals surface area contributed by atoms with Crippen molar-refractivity contribution < 1.29 is 23.5 Å². The molecule has 1 aliphatic rings. The van der Waals surface area contributed by atoms with Crippen LogP contribution in [0.3, 0.4) is 0 Å². The molecule has 2 N–H and O–H groups in total. The molecule has 37 heavy (non-hydrogen) atoms. The lowest BCUT2D eigenvalue weighted by Gasteiger charge is -2.14. The van der Waals surface area contributed by atoms with Gasteiger partial charge in [-0.1, -0.05) is 29.3 Å². The number of nitrogens with one attached hydrogen (secondary N) is 2. The average Bonchev–Trinajstić information content (AvgIpc) is 3.20. The van der Waals surface area contributed by atoms with Crippen LogP contribution in [0.2, 0.25) is 10.0 Å². The van der Waals surface area contributed by atoms with Crippen LogP contribution in [0.5, 0.6) is 11.5 Å². The molecule has 2 amide bonds. The first-order valence-corrected chi connectivity index (χ1v) is 12.9. The van der Waals surface area contributed by atoms with Crippen molar-refractivity contribution >= 4 is 85.3 Å². The minimum absolute atomic E-state index is 0.291. The number of thioether (sulfide) groups is 1. The van der Waals surface area contributed by atoms with Crippen LogP contribution in [0.4, 0.5) is 15.8 Å². The summed E-state index contributed by atoms with van der Waals surface area (Å²) in [6.07, 6.45) is 1.67. The van der Waals surface area contributed by atoms with Gasteiger partial charge in [-0.25, -0.2) is 9.38 Å². The fourth-order valence-corrected chi connectivity index (χ4v) is 4.90. The molecule has 190 valence electrons. The van der Waals surface area contributed by atoms with Crippen molar-refractivity contribution in [3.05, 3.63) is 85.4 Å². The maximum Gasteiger partial charge on any atom is 0.264 e. The van der Waals surface area contributed by atoms with Gasteiger partial charge < -0.3 is 20.1 Å². The van der Waals surface area contributed by atoms with Crippen molar-refractivity contribution in [2.75, 3.05) is 19.0 Å². The van der Waals surface area contributed by atoms with Crippen molar-refractivity contribution in [2.24, 2.45) is 4.99 Å². The zero-order valence-electron chi connectivity index (χ0n) is 19.0. The van der Waals surface area contributed by atoms with E-state index in [4.69, 9.17) is 32.7 Å². The molecule has 0 spiro atoms. The van der Waals surface area contributed by atoms with Gasteiger partial charge >= 0.3 is 0 Å². The lowest BCUT2D eigenvalue weighted by molar-refractivity contribution is -0.118. The zero-order chi connectivity index (χ0) is 26.5. The van der Waals surface area contributed by atoms with E-state index in [1.165, 1.54) is 31.4 Å². The Morgan fingerprint density at radius 3 is 2.70 bits per heavy atom. The minimum atomic E-state index is -0.433. The predicted octanol–water partition coefficient (Wildman–Crippen LogP) is 6.81. The topological polar surface area (TPSA) is 89.0 Å². The van der Waals surface area contributed by atoms with Gasteiger partial charge in [0.15, 0.2) is 23.3 Å². The molecule has 3 aromatic carbocycles. The standard InChI is InChI=1S/C25H17BrCl2FN3O4S/c1-35-19-10-13(9-16(26)23(19)36-12-21(33)30-15-7-5-14(29)6-8-15)11-20-24(34)32-25(37-20)31-18-4-2-3-17(27)22(18)28/h2-11H,12H2,1H3,(H,30,33)(H,31,32,34)/b20-11+. The number of nitrogens with zero attached hydrogens (tertiary/aromatic N) is 1. The van der Waals surface area contributed by atoms with E-state index in [-0.39, 0.29) is 12.5 Å². The number of aliphatic imine (C=N–C) groups is 1. The van der Waals surface area contributed by atoms with Crippen LogP contribution in [-0.4, -0.2) is 30.7 Å². The first kappa shape index (κ1) is 27.0. The molecule has 7 nitrogen and oxygen atoms in total. The van der Waals surface area contributed by atoms with Gasteiger partial charge in [0, 0.05) is 5.69 Å². The molecule has 1 fully saturated rings. The number of ether oxygens (including phenoxy) is 2. The van der Waals surface area contributed by atoms with Gasteiger partial charge in [-0.15, -0.1) is 0 Å². The van der Waals surface area contributed by atoms with Gasteiger partial charge in [0.2, 0.25) is 0 Å². The molecule has 0 bridgehead atoms. The first-order valence-electron chi connectivity index (χ1n) is 10.5. The predicted molar refractivity (Wildman–Crippen MR) is 148 cm³/mol. The third-order valence-corrected chi connectivity index (χ3v) is 7.14. The lowest BCUT2D eigenvalue weighted by atomic mass is 10.2. The van der Waals surface area contributed by atoms with Gasteiger partial charge in [0.25, 0.3) is 11.8 Å². The van der Waals surface area contributed by atoms with E-state index in [2.05, 4.69) is 31.6 Å². The highest BCUT2D eigenvalue weighted by atomic mass is 79.9. The molecule has 12 heteroatoms. The fraction of sp³-hybridized carbons (Fsp3) is 0.0800. The minimum Gasteiger partial charge on any atom is -0.493 e. The Hall–Kier alpha value is -3.05. The second-order valence-corrected chi connectivity index (χ2v) is 10.1. The van der Waals surface area contributed by atoms with Crippen LogP contribution < -0.4 is 20.1 Å². The number of halogens is 4. The number of anilines is 1. The number of rotatable bonds is 7. The highest BCUT2D eigenvalue weighted by Gasteiger charge is 2.25. The number of benzene rings is 3. The van der Waals surface area contributed by atoms with Gasteiger partial charge in [-0.3, -0.25) is 9.59 Å². The smallest absolute Gasteiger partial charge is 0.264 e. The molecule has 3 aromatic rings. The molecular weight excluding hydrogens is 608 g/mol. The SMILES string of the molecule is COc1cc(/C=C2/SC(=Nc3cccc(Cl)c3Cl)NC2=O)cc(Br)c1OCC(=O)Nc1ccc(F)cc1. The molecule has 0 aromatic heterocycles. The summed E-state index contributed by atoms with van der Waals surface area (Å²) in [5.41, 5.74) is 1.52. The van der Waals surface area contributed by atoms with Crippen molar-refractivity contribution in [3.63, 3.8) is 0 Å². The molecule has 1 heterocycles. The van der Waals surface area contributed by atoms with Crippen molar-refractivity contribution in [3.8, 4) is 11.5 Å². The summed E-state index contributed by atoms with van der Waals surface area (Å²) in [6, 6.07) is 13.8. The van der Waals surface area contributed by atoms with E-state index in [1.54, 1.807) is 36.4 Å². The van der Waals surface area contributed by atoms with E-state index in [0.717, 1.165) is 11.8 Å². The Balaban J connectivity index is 1.47. The Morgan fingerprint density at radius 1 is 1.22 bits per heavy atom. The van der Waals surface area contributed by atoms with E-state index >= 15 is 0 Å². The Kier molecular flexibility index (Phi) is 8.75. The maximum atomic E-state index is 13.0. The third kappa shape index (κ3) is 6.84. The van der Waals surface area contributed by atoms with Gasteiger partial charge in [-0.2, -0.15) is 0 Å². The van der Waals surface area contributed by atoms with Gasteiger partial charge in [-0.05, 0) is 87.9 Å². The van der Waals surface area contributed by atoms with Crippen molar-refractivity contribution in [2.45, 2.75) is 0 Å². The fourth-order valence-electron chi connectivity index (χ4n) is 3.15. The molecule has 0 aliphatic carbocycles. The van der Waals surface area contributed by atoms with E-state index in [1.807, 2.05) is 0 Å². The highest BCUT2D eigenvalue weighted by molar-refractivity contribution is 9.10. The molecule has 4 rings (SSSR count). The second kappa shape index (κ2) is 12.0. The number of amidine groups is 1. The van der Waals surface area contributed by atoms with E-state index in [0.29, 0.717) is 53.0 Å². The first-order chi connectivity index (χ1) is 17.7. The number of amides is 2. The number of carbonyl (C=O) groups excluding carboxylic acids is 2. The summed E-state index contributed by atoms with van der Waals surface area (Å²) >= 11 is 16.8. The summed E-state index contributed by atoms with van der Waals surface area (Å²) in [5.74, 6) is -0.508. The summed E-state index contributed by atoms with van der Waals surface area (Å²) in [4.78, 5) is 29.5. The van der Waals surface area contributed by atoms with Crippen LogP contribution in [-0.2, 0) is 9.59 Å². The van der Waals surface area contributed by atoms with E-state index in [9.17, 15) is 14.0 Å².